The first-order chi connectivity index (χ1) is 7.91. The van der Waals surface area contributed by atoms with E-state index in [1.54, 1.807) is 13.0 Å². The maximum Gasteiger partial charge on any atom is 0.191 e. The van der Waals surface area contributed by atoms with Crippen molar-refractivity contribution in [1.82, 2.24) is 0 Å². The van der Waals surface area contributed by atoms with Crippen LogP contribution in [0.5, 0.6) is 11.5 Å². The van der Waals surface area contributed by atoms with E-state index >= 15 is 0 Å². The molecule has 1 aromatic carbocycles. The number of hydrogen-bond acceptors (Lipinski definition) is 5. The molecule has 0 atom stereocenters. The van der Waals surface area contributed by atoms with E-state index in [4.69, 9.17) is 28.9 Å². The van der Waals surface area contributed by atoms with Crippen LogP contribution in [0.3, 0.4) is 0 Å². The maximum absolute atomic E-state index is 9.82. The minimum Gasteiger partial charge on any atom is -0.504 e. The van der Waals surface area contributed by atoms with Gasteiger partial charge in [0.15, 0.2) is 16.2 Å². The third kappa shape index (κ3) is 1.92. The van der Waals surface area contributed by atoms with E-state index in [1.165, 1.54) is 6.07 Å². The van der Waals surface area contributed by atoms with Crippen LogP contribution in [0.25, 0.3) is 11.0 Å². The number of rotatable bonds is 1. The van der Waals surface area contributed by atoms with E-state index in [0.717, 1.165) is 5.56 Å². The molecule has 1 aromatic heterocycles. The largest absolute Gasteiger partial charge is 0.504 e. The van der Waals surface area contributed by atoms with Gasteiger partial charge in [0.25, 0.3) is 0 Å². The Hall–Kier alpha value is -1.46. The van der Waals surface area contributed by atoms with Crippen molar-refractivity contribution < 1.29 is 14.6 Å². The van der Waals surface area contributed by atoms with Gasteiger partial charge in [0.1, 0.15) is 5.58 Å². The van der Waals surface area contributed by atoms with Gasteiger partial charge in [-0.1, -0.05) is 12.2 Å². The number of aromatic hydroxyl groups is 2. The van der Waals surface area contributed by atoms with Gasteiger partial charge >= 0.3 is 0 Å². The molecule has 2 aromatic rings. The Bertz CT molecular complexity index is 686. The first kappa shape index (κ1) is 12.0. The average Bonchev–Trinajstić information content (AvgIpc) is 2.20. The van der Waals surface area contributed by atoms with E-state index in [2.05, 4.69) is 0 Å². The second-order valence-corrected chi connectivity index (χ2v) is 4.82. The van der Waals surface area contributed by atoms with Crippen molar-refractivity contribution in [3.8, 4) is 11.5 Å². The van der Waals surface area contributed by atoms with Gasteiger partial charge in [-0.15, -0.1) is 0 Å². The normalized spacial score (nSPS) is 10.7. The van der Waals surface area contributed by atoms with Crippen LogP contribution in [0, 0.1) is 11.6 Å². The molecular weight excluding hydrogens is 256 g/mol. The zero-order valence-electron chi connectivity index (χ0n) is 9.27. The summed E-state index contributed by atoms with van der Waals surface area (Å²) in [4.78, 5) is 0.437. The molecule has 0 amide bonds. The van der Waals surface area contributed by atoms with Crippen LogP contribution < -0.4 is 0 Å². The molecule has 88 valence electrons. The standard InChI is InChI=1S/C12H10O3S2/c1-5-3-9(17)15-12-7(5)4-8(13)11(14)10(12)6(2)16/h3-4,13-14H,1-2H3. The van der Waals surface area contributed by atoms with Gasteiger partial charge in [-0.05, 0) is 43.8 Å². The Balaban J connectivity index is 3.09. The number of aryl methyl sites for hydroxylation is 1. The monoisotopic (exact) mass is 266 g/mol. The summed E-state index contributed by atoms with van der Waals surface area (Å²) < 4.78 is 5.74. The van der Waals surface area contributed by atoms with Gasteiger partial charge in [0, 0.05) is 10.3 Å². The molecule has 2 rings (SSSR count). The molecule has 0 aliphatic carbocycles. The van der Waals surface area contributed by atoms with E-state index in [9.17, 15) is 10.2 Å². The Morgan fingerprint density at radius 2 is 1.94 bits per heavy atom. The minimum atomic E-state index is -0.270. The van der Waals surface area contributed by atoms with Gasteiger partial charge in [0.2, 0.25) is 0 Å². The lowest BCUT2D eigenvalue weighted by Gasteiger charge is -2.10. The highest BCUT2D eigenvalue weighted by molar-refractivity contribution is 7.80. The van der Waals surface area contributed by atoms with E-state index < -0.39 is 0 Å². The lowest BCUT2D eigenvalue weighted by molar-refractivity contribution is 0.403. The molecular formula is C12H10O3S2. The lowest BCUT2D eigenvalue weighted by Crippen LogP contribution is -1.95. The fourth-order valence-corrected chi connectivity index (χ4v) is 2.20. The van der Waals surface area contributed by atoms with E-state index in [0.29, 0.717) is 26.1 Å². The molecule has 17 heavy (non-hydrogen) atoms. The van der Waals surface area contributed by atoms with Gasteiger partial charge in [-0.25, -0.2) is 0 Å². The molecule has 0 saturated heterocycles. The second kappa shape index (κ2) is 4.09. The average molecular weight is 266 g/mol. The summed E-state index contributed by atoms with van der Waals surface area (Å²) in [6, 6.07) is 3.14. The van der Waals surface area contributed by atoms with Crippen LogP contribution in [-0.2, 0) is 0 Å². The summed E-state index contributed by atoms with van der Waals surface area (Å²) in [5.41, 5.74) is 1.60. The summed E-state index contributed by atoms with van der Waals surface area (Å²) in [6.07, 6.45) is 0. The summed E-state index contributed by atoms with van der Waals surface area (Å²) in [6.45, 7) is 3.51. The van der Waals surface area contributed by atoms with Crippen molar-refractivity contribution in [2.24, 2.45) is 0 Å². The highest BCUT2D eigenvalue weighted by Crippen LogP contribution is 2.37. The van der Waals surface area contributed by atoms with Crippen LogP contribution >= 0.6 is 24.4 Å². The smallest absolute Gasteiger partial charge is 0.191 e. The van der Waals surface area contributed by atoms with E-state index in [-0.39, 0.29) is 11.5 Å². The SMILES string of the molecule is CC(=S)c1c(O)c(O)cc2c(C)cc(=S)oc12. The minimum absolute atomic E-state index is 0.216. The fourth-order valence-electron chi connectivity index (χ4n) is 1.75. The summed E-state index contributed by atoms with van der Waals surface area (Å²) in [7, 11) is 0. The van der Waals surface area contributed by atoms with Gasteiger partial charge < -0.3 is 14.6 Å². The molecule has 5 heteroatoms. The number of phenols is 2. The van der Waals surface area contributed by atoms with Crippen molar-refractivity contribution in [3.05, 3.63) is 28.0 Å². The molecule has 3 nitrogen and oxygen atoms in total. The van der Waals surface area contributed by atoms with Gasteiger partial charge in [-0.2, -0.15) is 0 Å². The molecule has 1 heterocycles. The first-order valence-electron chi connectivity index (χ1n) is 4.92. The predicted octanol–water partition coefficient (Wildman–Crippen LogP) is 3.62. The van der Waals surface area contributed by atoms with Crippen LogP contribution in [0.15, 0.2) is 16.5 Å². The van der Waals surface area contributed by atoms with Crippen LogP contribution in [0.1, 0.15) is 18.1 Å². The number of thiocarbonyl (C=S) groups is 1. The summed E-state index contributed by atoms with van der Waals surface area (Å²) >= 11 is 10.1. The fraction of sp³-hybridized carbons (Fsp3) is 0.167. The van der Waals surface area contributed by atoms with Gasteiger partial charge in [0.05, 0.1) is 5.56 Å². The van der Waals surface area contributed by atoms with Crippen molar-refractivity contribution in [2.45, 2.75) is 13.8 Å². The Morgan fingerprint density at radius 3 is 2.53 bits per heavy atom. The molecule has 0 unspecified atom stereocenters. The van der Waals surface area contributed by atoms with Crippen molar-refractivity contribution in [3.63, 3.8) is 0 Å². The Morgan fingerprint density at radius 1 is 1.29 bits per heavy atom. The molecule has 0 radical (unpaired) electrons. The van der Waals surface area contributed by atoms with Crippen LogP contribution in [0.4, 0.5) is 0 Å². The molecule has 0 saturated carbocycles. The van der Waals surface area contributed by atoms with Gasteiger partial charge in [-0.3, -0.25) is 0 Å². The second-order valence-electron chi connectivity index (χ2n) is 3.80. The number of hydrogen-bond donors (Lipinski definition) is 2. The molecule has 2 N–H and O–H groups in total. The highest BCUT2D eigenvalue weighted by atomic mass is 32.1. The molecule has 0 bridgehead atoms. The molecule has 0 spiro atoms. The highest BCUT2D eigenvalue weighted by Gasteiger charge is 2.17. The summed E-state index contributed by atoms with van der Waals surface area (Å²) in [5, 5.41) is 20.2. The number of phenolic OH excluding ortho intramolecular Hbond substituents is 2. The topological polar surface area (TPSA) is 53.6 Å². The number of benzene rings is 1. The maximum atomic E-state index is 9.82. The van der Waals surface area contributed by atoms with Crippen molar-refractivity contribution in [1.29, 1.82) is 0 Å². The van der Waals surface area contributed by atoms with Crippen molar-refractivity contribution >= 4 is 40.3 Å². The first-order valence-corrected chi connectivity index (χ1v) is 5.73. The van der Waals surface area contributed by atoms with Crippen molar-refractivity contribution in [2.75, 3.05) is 0 Å². The Labute approximate surface area is 108 Å². The van der Waals surface area contributed by atoms with Crippen LogP contribution in [0.2, 0.25) is 0 Å². The zero-order valence-corrected chi connectivity index (χ0v) is 10.9. The number of fused-ring (bicyclic) bond motifs is 1. The third-order valence-corrected chi connectivity index (χ3v) is 2.95. The lowest BCUT2D eigenvalue weighted by atomic mass is 10.0. The summed E-state index contributed by atoms with van der Waals surface area (Å²) in [5.74, 6) is -0.485. The van der Waals surface area contributed by atoms with Crippen LogP contribution in [-0.4, -0.2) is 15.1 Å². The molecule has 0 aliphatic heterocycles. The van der Waals surface area contributed by atoms with E-state index in [1.807, 2.05) is 6.92 Å². The molecule has 0 fully saturated rings. The zero-order chi connectivity index (χ0) is 12.7. The predicted molar refractivity (Wildman–Crippen MR) is 72.5 cm³/mol. The Kier molecular flexibility index (Phi) is 2.89. The quantitative estimate of drug-likeness (QED) is 0.469. The third-order valence-electron chi connectivity index (χ3n) is 2.55. The molecule has 0 aliphatic rings.